The Balaban J connectivity index is 1.79. The standard InChI is InChI=1S/C37H46ClFN6O5S/c1-24(39)35(5,6)19-31(46)50-20-30(26-12-15-28(38)29(18-26)44-23-41-22-42-44)45-32(47)37(43-33(45)40,21-34(2,3)4)27-13-10-25(11-14-27)16-17-36(7,8)51(9,48)49/h10-15,18,22-24,30H,19-21H2,1-9H3,(H2,40,43)/t24?,30-,37-/m1/s1. The van der Waals surface area contributed by atoms with Gasteiger partial charge in [-0.25, -0.2) is 27.5 Å². The normalized spacial score (nSPS) is 18.1. The molecule has 0 fully saturated rings. The molecule has 4 rings (SSSR count). The minimum Gasteiger partial charge on any atom is -0.463 e. The van der Waals surface area contributed by atoms with Crippen molar-refractivity contribution in [2.75, 3.05) is 12.9 Å². The molecule has 274 valence electrons. The number of aromatic nitrogens is 3. The van der Waals surface area contributed by atoms with E-state index in [0.29, 0.717) is 27.4 Å². The van der Waals surface area contributed by atoms with Crippen LogP contribution in [0.3, 0.4) is 0 Å². The van der Waals surface area contributed by atoms with E-state index in [1.54, 1.807) is 56.3 Å². The molecular formula is C37H46ClFN6O5S. The molecule has 0 aliphatic carbocycles. The van der Waals surface area contributed by atoms with Crippen LogP contribution in [0.2, 0.25) is 5.02 Å². The maximum Gasteiger partial charge on any atom is 0.306 e. The van der Waals surface area contributed by atoms with Gasteiger partial charge < -0.3 is 10.5 Å². The van der Waals surface area contributed by atoms with E-state index in [9.17, 15) is 22.4 Å². The lowest BCUT2D eigenvalue weighted by molar-refractivity contribution is -0.150. The van der Waals surface area contributed by atoms with Crippen molar-refractivity contribution in [2.45, 2.75) is 90.7 Å². The molecule has 2 aromatic carbocycles. The van der Waals surface area contributed by atoms with E-state index < -0.39 is 55.0 Å². The number of carbonyl (C=O) groups excluding carboxylic acids is 2. The summed E-state index contributed by atoms with van der Waals surface area (Å²) in [6.07, 6.45) is 2.77. The first-order valence-electron chi connectivity index (χ1n) is 16.4. The number of benzene rings is 2. The zero-order valence-corrected chi connectivity index (χ0v) is 32.1. The Bertz CT molecular complexity index is 1980. The van der Waals surface area contributed by atoms with Gasteiger partial charge in [-0.15, -0.1) is 0 Å². The molecule has 0 bridgehead atoms. The molecule has 2 N–H and O–H groups in total. The lowest BCUT2D eigenvalue weighted by Crippen LogP contribution is -2.47. The average molecular weight is 741 g/mol. The van der Waals surface area contributed by atoms with Crippen molar-refractivity contribution in [3.05, 3.63) is 76.8 Å². The van der Waals surface area contributed by atoms with Gasteiger partial charge in [0.25, 0.3) is 5.91 Å². The number of sulfone groups is 1. The second-order valence-corrected chi connectivity index (χ2v) is 18.4. The van der Waals surface area contributed by atoms with E-state index in [1.165, 1.54) is 43.0 Å². The second kappa shape index (κ2) is 14.4. The van der Waals surface area contributed by atoms with Crippen molar-refractivity contribution in [2.24, 2.45) is 21.6 Å². The van der Waals surface area contributed by atoms with Crippen molar-refractivity contribution in [1.82, 2.24) is 19.7 Å². The Kier molecular flexibility index (Phi) is 11.1. The molecule has 0 radical (unpaired) electrons. The van der Waals surface area contributed by atoms with Gasteiger partial charge in [-0.05, 0) is 68.0 Å². The number of aliphatic imine (C=N–C) groups is 1. The van der Waals surface area contributed by atoms with Crippen LogP contribution in [0, 0.1) is 22.7 Å². The largest absolute Gasteiger partial charge is 0.463 e. The minimum absolute atomic E-state index is 0.0842. The highest BCUT2D eigenvalue weighted by Crippen LogP contribution is 2.45. The Morgan fingerprint density at radius 1 is 1.10 bits per heavy atom. The maximum absolute atomic E-state index is 14.9. The molecule has 1 unspecified atom stereocenters. The molecule has 11 nitrogen and oxygen atoms in total. The topological polar surface area (TPSA) is 150 Å². The van der Waals surface area contributed by atoms with Crippen LogP contribution in [0.25, 0.3) is 5.69 Å². The fraction of sp³-hybridized carbons (Fsp3) is 0.486. The number of nitrogens with zero attached hydrogens (tertiary/aromatic N) is 5. The van der Waals surface area contributed by atoms with Crippen molar-refractivity contribution in [3.8, 4) is 17.5 Å². The van der Waals surface area contributed by atoms with Crippen LogP contribution in [-0.4, -0.2) is 69.7 Å². The highest BCUT2D eigenvalue weighted by atomic mass is 35.5. The Morgan fingerprint density at radius 2 is 1.75 bits per heavy atom. The van der Waals surface area contributed by atoms with Gasteiger partial charge in [-0.1, -0.05) is 76.3 Å². The molecule has 0 spiro atoms. The van der Waals surface area contributed by atoms with Gasteiger partial charge in [0.15, 0.2) is 21.3 Å². The average Bonchev–Trinajstić information content (AvgIpc) is 3.63. The highest BCUT2D eigenvalue weighted by molar-refractivity contribution is 7.92. The minimum atomic E-state index is -3.43. The second-order valence-electron chi connectivity index (χ2n) is 15.4. The molecule has 0 saturated heterocycles. The molecular weight excluding hydrogens is 695 g/mol. The van der Waals surface area contributed by atoms with Crippen molar-refractivity contribution in [3.63, 3.8) is 0 Å². The number of nitrogens with two attached hydrogens (primary N) is 1. The zero-order valence-electron chi connectivity index (χ0n) is 30.5. The lowest BCUT2D eigenvalue weighted by atomic mass is 9.75. The van der Waals surface area contributed by atoms with Crippen LogP contribution in [0.15, 0.2) is 60.1 Å². The number of amides is 1. The van der Waals surface area contributed by atoms with Gasteiger partial charge in [0.1, 0.15) is 30.2 Å². The van der Waals surface area contributed by atoms with Crippen LogP contribution in [0.1, 0.15) is 91.0 Å². The molecule has 3 atom stereocenters. The third-order valence-corrected chi connectivity index (χ3v) is 11.4. The zero-order chi connectivity index (χ0) is 38.2. The van der Waals surface area contributed by atoms with Crippen molar-refractivity contribution in [1.29, 1.82) is 0 Å². The van der Waals surface area contributed by atoms with Crippen LogP contribution >= 0.6 is 11.6 Å². The van der Waals surface area contributed by atoms with Crippen LogP contribution in [-0.2, 0) is 29.7 Å². The predicted octanol–water partition coefficient (Wildman–Crippen LogP) is 5.94. The maximum atomic E-state index is 14.9. The molecule has 14 heteroatoms. The van der Waals surface area contributed by atoms with Crippen LogP contribution in [0.4, 0.5) is 4.39 Å². The summed E-state index contributed by atoms with van der Waals surface area (Å²) in [5, 5.41) is 4.55. The summed E-state index contributed by atoms with van der Waals surface area (Å²) >= 11 is 6.54. The molecule has 1 aliphatic heterocycles. The van der Waals surface area contributed by atoms with Gasteiger partial charge in [-0.2, -0.15) is 5.10 Å². The molecule has 1 aromatic heterocycles. The van der Waals surface area contributed by atoms with E-state index in [1.807, 2.05) is 20.8 Å². The van der Waals surface area contributed by atoms with E-state index in [4.69, 9.17) is 27.1 Å². The molecule has 2 heterocycles. The number of esters is 1. The number of guanidine groups is 1. The van der Waals surface area contributed by atoms with Gasteiger partial charge in [0.2, 0.25) is 0 Å². The number of carbonyl (C=O) groups is 2. The Hall–Kier alpha value is -4.28. The molecule has 1 amide bonds. The first kappa shape index (κ1) is 39.5. The monoisotopic (exact) mass is 740 g/mol. The Labute approximate surface area is 304 Å². The summed E-state index contributed by atoms with van der Waals surface area (Å²) in [5.41, 5.74) is 5.89. The fourth-order valence-electron chi connectivity index (χ4n) is 5.52. The first-order valence-corrected chi connectivity index (χ1v) is 18.7. The summed E-state index contributed by atoms with van der Waals surface area (Å²) in [7, 11) is -3.43. The van der Waals surface area contributed by atoms with Gasteiger partial charge in [-0.3, -0.25) is 14.5 Å². The fourth-order valence-corrected chi connectivity index (χ4v) is 5.96. The number of alkyl halides is 1. The molecule has 0 saturated carbocycles. The summed E-state index contributed by atoms with van der Waals surface area (Å²) in [6.45, 7) is 13.4. The van der Waals surface area contributed by atoms with Gasteiger partial charge in [0.05, 0.1) is 23.2 Å². The summed E-state index contributed by atoms with van der Waals surface area (Å²) in [4.78, 5) is 38.2. The number of rotatable bonds is 11. The quantitative estimate of drug-likeness (QED) is 0.188. The first-order chi connectivity index (χ1) is 23.5. The van der Waals surface area contributed by atoms with Crippen molar-refractivity contribution < 1.29 is 27.1 Å². The number of halogens is 2. The predicted molar refractivity (Wildman–Crippen MR) is 195 cm³/mol. The number of hydrogen-bond donors (Lipinski definition) is 1. The lowest BCUT2D eigenvalue weighted by Gasteiger charge is -2.35. The summed E-state index contributed by atoms with van der Waals surface area (Å²) < 4.78 is 44.6. The van der Waals surface area contributed by atoms with Crippen LogP contribution in [0.5, 0.6) is 0 Å². The third kappa shape index (κ3) is 8.79. The van der Waals surface area contributed by atoms with Crippen LogP contribution < -0.4 is 5.73 Å². The van der Waals surface area contributed by atoms with E-state index in [-0.39, 0.29) is 25.4 Å². The van der Waals surface area contributed by atoms with E-state index in [2.05, 4.69) is 21.9 Å². The number of hydrogen-bond acceptors (Lipinski definition) is 9. The third-order valence-electron chi connectivity index (χ3n) is 9.12. The molecule has 1 aliphatic rings. The summed E-state index contributed by atoms with van der Waals surface area (Å²) in [6, 6.07) is 11.0. The SMILES string of the molecule is CC(F)C(C)(C)CC(=O)OC[C@H](c1ccc(Cl)c(-n2cncn2)c1)N1C(=O)[C@@](CC(C)(C)C)(c2ccc(C#CC(C)(C)S(C)(=O)=O)cc2)N=C1N. The van der Waals surface area contributed by atoms with Crippen molar-refractivity contribution >= 4 is 39.3 Å². The highest BCUT2D eigenvalue weighted by Gasteiger charge is 2.53. The summed E-state index contributed by atoms with van der Waals surface area (Å²) in [5.74, 6) is 4.59. The Morgan fingerprint density at radius 3 is 2.29 bits per heavy atom. The number of ether oxygens (including phenoxy) is 1. The smallest absolute Gasteiger partial charge is 0.306 e. The van der Waals surface area contributed by atoms with Gasteiger partial charge in [0, 0.05) is 17.2 Å². The van der Waals surface area contributed by atoms with Gasteiger partial charge >= 0.3 is 5.97 Å². The van der Waals surface area contributed by atoms with E-state index in [0.717, 1.165) is 6.26 Å². The van der Waals surface area contributed by atoms with E-state index >= 15 is 0 Å². The molecule has 3 aromatic rings. The molecule has 51 heavy (non-hydrogen) atoms.